The maximum absolute atomic E-state index is 10.5. The highest BCUT2D eigenvalue weighted by Crippen LogP contribution is 2.36. The molecule has 1 heterocycles. The van der Waals surface area contributed by atoms with Crippen LogP contribution in [-0.4, -0.2) is 48.5 Å². The van der Waals surface area contributed by atoms with Crippen molar-refractivity contribution in [2.45, 2.75) is 56.2 Å². The Morgan fingerprint density at radius 2 is 1.76 bits per heavy atom. The fourth-order valence-electron chi connectivity index (χ4n) is 3.96. The smallest absolute Gasteiger partial charge is 0.0695 e. The lowest BCUT2D eigenvalue weighted by molar-refractivity contribution is -0.0255. The van der Waals surface area contributed by atoms with Crippen molar-refractivity contribution in [2.75, 3.05) is 20.3 Å². The van der Waals surface area contributed by atoms with Crippen LogP contribution in [0.4, 0.5) is 0 Å². The van der Waals surface area contributed by atoms with Gasteiger partial charge in [-0.05, 0) is 50.6 Å². The second-order valence-electron chi connectivity index (χ2n) is 6.56. The predicted molar refractivity (Wildman–Crippen MR) is 84.4 cm³/mol. The molecule has 1 aliphatic carbocycles. The Kier molecular flexibility index (Phi) is 4.94. The number of hydrogen-bond acceptors (Lipinski definition) is 3. The molecule has 1 N–H and O–H groups in total. The first-order valence-corrected chi connectivity index (χ1v) is 8.28. The minimum absolute atomic E-state index is 0.183. The molecule has 3 nitrogen and oxygen atoms in total. The highest BCUT2D eigenvalue weighted by atomic mass is 16.5. The molecule has 3 rings (SSSR count). The molecule has 21 heavy (non-hydrogen) atoms. The Labute approximate surface area is 127 Å². The second-order valence-corrected chi connectivity index (χ2v) is 6.56. The lowest BCUT2D eigenvalue weighted by Crippen LogP contribution is -2.50. The summed E-state index contributed by atoms with van der Waals surface area (Å²) in [6, 6.07) is 11.6. The third kappa shape index (κ3) is 3.47. The van der Waals surface area contributed by atoms with Crippen molar-refractivity contribution in [3.63, 3.8) is 0 Å². The van der Waals surface area contributed by atoms with Gasteiger partial charge in [-0.25, -0.2) is 0 Å². The van der Waals surface area contributed by atoms with E-state index in [0.717, 1.165) is 45.3 Å². The summed E-state index contributed by atoms with van der Waals surface area (Å²) in [5.41, 5.74) is 1.43. The number of benzene rings is 1. The number of nitrogens with zero attached hydrogens (tertiary/aromatic N) is 1. The van der Waals surface area contributed by atoms with Gasteiger partial charge in [0.1, 0.15) is 0 Å². The van der Waals surface area contributed by atoms with Crippen molar-refractivity contribution < 1.29 is 9.84 Å². The van der Waals surface area contributed by atoms with Crippen LogP contribution in [0.5, 0.6) is 0 Å². The van der Waals surface area contributed by atoms with Crippen molar-refractivity contribution in [1.29, 1.82) is 0 Å². The second kappa shape index (κ2) is 6.91. The van der Waals surface area contributed by atoms with Gasteiger partial charge in [0.2, 0.25) is 0 Å². The van der Waals surface area contributed by atoms with E-state index in [4.69, 9.17) is 4.74 Å². The zero-order valence-electron chi connectivity index (χ0n) is 12.9. The summed E-state index contributed by atoms with van der Waals surface area (Å²) in [6.45, 7) is 1.72. The lowest BCUT2D eigenvalue weighted by atomic mass is 9.79. The Bertz CT molecular complexity index is 430. The van der Waals surface area contributed by atoms with Gasteiger partial charge in [0, 0.05) is 25.3 Å². The number of ether oxygens (including phenoxy) is 1. The summed E-state index contributed by atoms with van der Waals surface area (Å²) in [4.78, 5) is 2.43. The minimum Gasteiger partial charge on any atom is -0.391 e. The third-order valence-electron chi connectivity index (χ3n) is 5.34. The molecule has 116 valence electrons. The van der Waals surface area contributed by atoms with Crippen molar-refractivity contribution in [3.8, 4) is 0 Å². The van der Waals surface area contributed by atoms with E-state index in [1.54, 1.807) is 0 Å². The normalized spacial score (nSPS) is 31.5. The summed E-state index contributed by atoms with van der Waals surface area (Å²) < 4.78 is 5.47. The number of rotatable bonds is 3. The van der Waals surface area contributed by atoms with E-state index in [-0.39, 0.29) is 12.1 Å². The van der Waals surface area contributed by atoms with E-state index in [1.807, 2.05) is 0 Å². The fraction of sp³-hybridized carbons (Fsp3) is 0.667. The van der Waals surface area contributed by atoms with Gasteiger partial charge in [-0.3, -0.25) is 4.90 Å². The van der Waals surface area contributed by atoms with Crippen LogP contribution in [0.3, 0.4) is 0 Å². The summed E-state index contributed by atoms with van der Waals surface area (Å²) >= 11 is 0. The van der Waals surface area contributed by atoms with Gasteiger partial charge < -0.3 is 9.84 Å². The summed E-state index contributed by atoms with van der Waals surface area (Å²) in [5, 5.41) is 10.5. The highest BCUT2D eigenvalue weighted by molar-refractivity contribution is 5.20. The standard InChI is InChI=1S/C18H27NO2/c1-19(16-9-11-21-12-10-16)17-13-15(7-8-18(17)20)14-5-3-2-4-6-14/h2-6,15-18,20H,7-13H2,1H3. The van der Waals surface area contributed by atoms with Crippen LogP contribution in [0.2, 0.25) is 0 Å². The van der Waals surface area contributed by atoms with Crippen LogP contribution in [0.1, 0.15) is 43.6 Å². The summed E-state index contributed by atoms with van der Waals surface area (Å²) in [6.07, 6.45) is 5.09. The van der Waals surface area contributed by atoms with Crippen molar-refractivity contribution >= 4 is 0 Å². The van der Waals surface area contributed by atoms with Crippen molar-refractivity contribution in [3.05, 3.63) is 35.9 Å². The van der Waals surface area contributed by atoms with Crippen molar-refractivity contribution in [2.24, 2.45) is 0 Å². The van der Waals surface area contributed by atoms with Gasteiger partial charge in [-0.1, -0.05) is 30.3 Å². The first-order valence-electron chi connectivity index (χ1n) is 8.28. The average Bonchev–Trinajstić information content (AvgIpc) is 2.56. The molecule has 0 spiro atoms. The molecule has 3 atom stereocenters. The fourth-order valence-corrected chi connectivity index (χ4v) is 3.96. The van der Waals surface area contributed by atoms with Gasteiger partial charge in [-0.2, -0.15) is 0 Å². The third-order valence-corrected chi connectivity index (χ3v) is 5.34. The quantitative estimate of drug-likeness (QED) is 0.929. The number of aliphatic hydroxyl groups excluding tert-OH is 1. The van der Waals surface area contributed by atoms with E-state index in [0.29, 0.717) is 12.0 Å². The Morgan fingerprint density at radius 1 is 1.05 bits per heavy atom. The molecular weight excluding hydrogens is 262 g/mol. The van der Waals surface area contributed by atoms with Gasteiger partial charge in [0.05, 0.1) is 6.10 Å². The zero-order chi connectivity index (χ0) is 14.7. The topological polar surface area (TPSA) is 32.7 Å². The first kappa shape index (κ1) is 15.0. The van der Waals surface area contributed by atoms with Crippen LogP contribution >= 0.6 is 0 Å². The van der Waals surface area contributed by atoms with E-state index in [9.17, 15) is 5.11 Å². The predicted octanol–water partition coefficient (Wildman–Crippen LogP) is 2.79. The molecule has 0 radical (unpaired) electrons. The van der Waals surface area contributed by atoms with E-state index >= 15 is 0 Å². The average molecular weight is 289 g/mol. The lowest BCUT2D eigenvalue weighted by Gasteiger charge is -2.43. The Hall–Kier alpha value is -0.900. The maximum atomic E-state index is 10.5. The van der Waals surface area contributed by atoms with Crippen LogP contribution in [0.15, 0.2) is 30.3 Å². The molecule has 1 saturated heterocycles. The number of hydrogen-bond donors (Lipinski definition) is 1. The number of likely N-dealkylation sites (N-methyl/N-ethyl adjacent to an activating group) is 1. The Balaban J connectivity index is 1.68. The highest BCUT2D eigenvalue weighted by Gasteiger charge is 2.35. The van der Waals surface area contributed by atoms with Crippen molar-refractivity contribution in [1.82, 2.24) is 4.90 Å². The van der Waals surface area contributed by atoms with Crippen LogP contribution in [0.25, 0.3) is 0 Å². The summed E-state index contributed by atoms with van der Waals surface area (Å²) in [7, 11) is 2.19. The molecule has 1 saturated carbocycles. The van der Waals surface area contributed by atoms with E-state index < -0.39 is 0 Å². The molecule has 3 heteroatoms. The molecule has 1 aromatic rings. The van der Waals surface area contributed by atoms with Gasteiger partial charge in [-0.15, -0.1) is 0 Å². The van der Waals surface area contributed by atoms with Crippen LogP contribution in [-0.2, 0) is 4.74 Å². The molecule has 2 aliphatic rings. The molecule has 1 aliphatic heterocycles. The molecule has 0 amide bonds. The Morgan fingerprint density at radius 3 is 2.48 bits per heavy atom. The van der Waals surface area contributed by atoms with E-state index in [2.05, 4.69) is 42.3 Å². The largest absolute Gasteiger partial charge is 0.391 e. The van der Waals surface area contributed by atoms with Gasteiger partial charge >= 0.3 is 0 Å². The zero-order valence-corrected chi connectivity index (χ0v) is 12.9. The van der Waals surface area contributed by atoms with Gasteiger partial charge in [0.25, 0.3) is 0 Å². The number of aliphatic hydroxyl groups is 1. The SMILES string of the molecule is CN(C1CCOCC1)C1CC(c2ccccc2)CCC1O. The summed E-state index contributed by atoms with van der Waals surface area (Å²) in [5.74, 6) is 0.585. The first-order chi connectivity index (χ1) is 10.3. The van der Waals surface area contributed by atoms with Gasteiger partial charge in [0.15, 0.2) is 0 Å². The maximum Gasteiger partial charge on any atom is 0.0695 e. The minimum atomic E-state index is -0.183. The molecule has 3 unspecified atom stereocenters. The molecular formula is C18H27NO2. The monoisotopic (exact) mass is 289 g/mol. The molecule has 2 fully saturated rings. The molecule has 0 bridgehead atoms. The van der Waals surface area contributed by atoms with Crippen LogP contribution < -0.4 is 0 Å². The molecule has 1 aromatic carbocycles. The van der Waals surface area contributed by atoms with Crippen LogP contribution in [0, 0.1) is 0 Å². The molecule has 0 aromatic heterocycles. The van der Waals surface area contributed by atoms with E-state index in [1.165, 1.54) is 5.56 Å².